The summed E-state index contributed by atoms with van der Waals surface area (Å²) in [7, 11) is 4.56. The lowest BCUT2D eigenvalue weighted by Crippen LogP contribution is -2.24. The number of rotatable bonds is 7. The van der Waals surface area contributed by atoms with E-state index in [1.54, 1.807) is 19.2 Å². The summed E-state index contributed by atoms with van der Waals surface area (Å²) in [6.45, 7) is 2.23. The summed E-state index contributed by atoms with van der Waals surface area (Å²) in [5, 5.41) is 0. The Morgan fingerprint density at radius 1 is 1.16 bits per heavy atom. The number of benzene rings is 1. The van der Waals surface area contributed by atoms with E-state index >= 15 is 0 Å². The minimum Gasteiger partial charge on any atom is -0.496 e. The number of nitrogens with two attached hydrogens (primary N) is 1. The van der Waals surface area contributed by atoms with E-state index in [1.807, 2.05) is 6.92 Å². The maximum atomic E-state index is 12.5. The van der Waals surface area contributed by atoms with Crippen LogP contribution in [0.2, 0.25) is 0 Å². The lowest BCUT2D eigenvalue weighted by molar-refractivity contribution is 0.0915. The molecule has 0 saturated heterocycles. The first-order chi connectivity index (χ1) is 9.12. The SMILES string of the molecule is CCC(CN)C(=O)c1c(OC)cc(OC)cc1OC. The molecule has 0 amide bonds. The van der Waals surface area contributed by atoms with Crippen molar-refractivity contribution in [3.8, 4) is 17.2 Å². The van der Waals surface area contributed by atoms with Crippen LogP contribution in [-0.4, -0.2) is 33.7 Å². The monoisotopic (exact) mass is 267 g/mol. The summed E-state index contributed by atoms with van der Waals surface area (Å²) in [5.74, 6) is 1.14. The first-order valence-electron chi connectivity index (χ1n) is 6.17. The van der Waals surface area contributed by atoms with Gasteiger partial charge in [0.1, 0.15) is 22.8 Å². The summed E-state index contributed by atoms with van der Waals surface area (Å²) < 4.78 is 15.7. The molecule has 0 aliphatic carbocycles. The summed E-state index contributed by atoms with van der Waals surface area (Å²) >= 11 is 0. The molecule has 0 bridgehead atoms. The minimum atomic E-state index is -0.240. The van der Waals surface area contributed by atoms with Gasteiger partial charge in [-0.25, -0.2) is 0 Å². The third kappa shape index (κ3) is 3.17. The average Bonchev–Trinajstić information content (AvgIpc) is 2.46. The van der Waals surface area contributed by atoms with Crippen LogP contribution in [0.4, 0.5) is 0 Å². The number of carbonyl (C=O) groups is 1. The standard InChI is InChI=1S/C14H21NO4/c1-5-9(8-15)14(16)13-11(18-3)6-10(17-2)7-12(13)19-4/h6-7,9H,5,8,15H2,1-4H3. The zero-order valence-corrected chi connectivity index (χ0v) is 11.9. The Bertz CT molecular complexity index is 416. The fourth-order valence-electron chi connectivity index (χ4n) is 1.91. The average molecular weight is 267 g/mol. The van der Waals surface area contributed by atoms with E-state index in [4.69, 9.17) is 19.9 Å². The van der Waals surface area contributed by atoms with Crippen LogP contribution in [0, 0.1) is 5.92 Å². The molecular weight excluding hydrogens is 246 g/mol. The molecule has 0 saturated carbocycles. The molecule has 19 heavy (non-hydrogen) atoms. The molecule has 0 radical (unpaired) electrons. The van der Waals surface area contributed by atoms with Crippen LogP contribution in [0.5, 0.6) is 17.2 Å². The molecule has 0 aliphatic rings. The molecule has 5 nitrogen and oxygen atoms in total. The smallest absolute Gasteiger partial charge is 0.174 e. The predicted octanol–water partition coefficient (Wildman–Crippen LogP) is 1.88. The Labute approximate surface area is 113 Å². The van der Waals surface area contributed by atoms with E-state index in [0.717, 1.165) is 0 Å². The van der Waals surface area contributed by atoms with E-state index in [1.165, 1.54) is 14.2 Å². The Kier molecular flexibility index (Phi) is 5.63. The molecule has 0 aromatic heterocycles. The van der Waals surface area contributed by atoms with Crippen molar-refractivity contribution >= 4 is 5.78 Å². The van der Waals surface area contributed by atoms with Crippen molar-refractivity contribution in [2.75, 3.05) is 27.9 Å². The zero-order valence-electron chi connectivity index (χ0n) is 11.9. The number of hydrogen-bond donors (Lipinski definition) is 1. The van der Waals surface area contributed by atoms with Gasteiger partial charge in [-0.05, 0) is 6.42 Å². The number of ketones is 1. The topological polar surface area (TPSA) is 70.8 Å². The van der Waals surface area contributed by atoms with Crippen molar-refractivity contribution in [1.29, 1.82) is 0 Å². The molecule has 0 spiro atoms. The van der Waals surface area contributed by atoms with Crippen molar-refractivity contribution in [2.45, 2.75) is 13.3 Å². The van der Waals surface area contributed by atoms with Crippen LogP contribution >= 0.6 is 0 Å². The van der Waals surface area contributed by atoms with Gasteiger partial charge in [-0.1, -0.05) is 6.92 Å². The number of carbonyl (C=O) groups excluding carboxylic acids is 1. The van der Waals surface area contributed by atoms with E-state index < -0.39 is 0 Å². The predicted molar refractivity (Wildman–Crippen MR) is 73.3 cm³/mol. The molecule has 1 rings (SSSR count). The molecule has 2 N–H and O–H groups in total. The van der Waals surface area contributed by atoms with Gasteiger partial charge in [0.15, 0.2) is 5.78 Å². The third-order valence-electron chi connectivity index (χ3n) is 3.11. The van der Waals surface area contributed by atoms with Crippen molar-refractivity contribution < 1.29 is 19.0 Å². The molecule has 1 aromatic rings. The van der Waals surface area contributed by atoms with Crippen LogP contribution in [0.1, 0.15) is 23.7 Å². The molecule has 106 valence electrons. The van der Waals surface area contributed by atoms with Crippen LogP contribution in [0.15, 0.2) is 12.1 Å². The van der Waals surface area contributed by atoms with Crippen LogP contribution in [0.25, 0.3) is 0 Å². The van der Waals surface area contributed by atoms with E-state index in [-0.39, 0.29) is 11.7 Å². The summed E-state index contributed by atoms with van der Waals surface area (Å²) in [6, 6.07) is 3.33. The van der Waals surface area contributed by atoms with Crippen LogP contribution in [0.3, 0.4) is 0 Å². The Hall–Kier alpha value is -1.75. The molecule has 1 aromatic carbocycles. The third-order valence-corrected chi connectivity index (χ3v) is 3.11. The Balaban J connectivity index is 3.35. The maximum Gasteiger partial charge on any atom is 0.174 e. The van der Waals surface area contributed by atoms with Gasteiger partial charge in [0, 0.05) is 24.6 Å². The molecule has 1 unspecified atom stereocenters. The van der Waals surface area contributed by atoms with Crippen LogP contribution in [-0.2, 0) is 0 Å². The molecule has 0 heterocycles. The fraction of sp³-hybridized carbons (Fsp3) is 0.500. The van der Waals surface area contributed by atoms with Gasteiger partial charge in [0.05, 0.1) is 21.3 Å². The number of ether oxygens (including phenoxy) is 3. The maximum absolute atomic E-state index is 12.5. The molecule has 1 atom stereocenters. The molecule has 5 heteroatoms. The van der Waals surface area contributed by atoms with Gasteiger partial charge in [-0.15, -0.1) is 0 Å². The normalized spacial score (nSPS) is 11.8. The lowest BCUT2D eigenvalue weighted by Gasteiger charge is -2.17. The number of Topliss-reactive ketones (excluding diaryl/α,β-unsaturated/α-hetero) is 1. The number of methoxy groups -OCH3 is 3. The second kappa shape index (κ2) is 6.99. The van der Waals surface area contributed by atoms with Crippen molar-refractivity contribution in [3.63, 3.8) is 0 Å². The number of hydrogen-bond acceptors (Lipinski definition) is 5. The fourth-order valence-corrected chi connectivity index (χ4v) is 1.91. The van der Waals surface area contributed by atoms with Gasteiger partial charge in [-0.2, -0.15) is 0 Å². The van der Waals surface area contributed by atoms with Crippen molar-refractivity contribution in [1.82, 2.24) is 0 Å². The highest BCUT2D eigenvalue weighted by atomic mass is 16.5. The highest BCUT2D eigenvalue weighted by Gasteiger charge is 2.25. The zero-order chi connectivity index (χ0) is 14.4. The van der Waals surface area contributed by atoms with Gasteiger partial charge < -0.3 is 19.9 Å². The first kappa shape index (κ1) is 15.3. The van der Waals surface area contributed by atoms with E-state index in [0.29, 0.717) is 35.8 Å². The van der Waals surface area contributed by atoms with Crippen molar-refractivity contribution in [3.05, 3.63) is 17.7 Å². The molecular formula is C14H21NO4. The van der Waals surface area contributed by atoms with Crippen molar-refractivity contribution in [2.24, 2.45) is 11.7 Å². The highest BCUT2D eigenvalue weighted by molar-refractivity contribution is 6.03. The molecule has 0 aliphatic heterocycles. The minimum absolute atomic E-state index is 0.0682. The first-order valence-corrected chi connectivity index (χ1v) is 6.17. The summed E-state index contributed by atoms with van der Waals surface area (Å²) in [6.07, 6.45) is 0.674. The molecule has 0 fully saturated rings. The summed E-state index contributed by atoms with van der Waals surface area (Å²) in [5.41, 5.74) is 6.05. The second-order valence-corrected chi connectivity index (χ2v) is 4.11. The van der Waals surface area contributed by atoms with Crippen LogP contribution < -0.4 is 19.9 Å². The van der Waals surface area contributed by atoms with Gasteiger partial charge in [-0.3, -0.25) is 4.79 Å². The highest BCUT2D eigenvalue weighted by Crippen LogP contribution is 2.35. The van der Waals surface area contributed by atoms with Gasteiger partial charge in [0.2, 0.25) is 0 Å². The lowest BCUT2D eigenvalue weighted by atomic mass is 9.94. The van der Waals surface area contributed by atoms with E-state index in [9.17, 15) is 4.79 Å². The quantitative estimate of drug-likeness (QED) is 0.764. The summed E-state index contributed by atoms with van der Waals surface area (Å²) in [4.78, 5) is 12.5. The van der Waals surface area contributed by atoms with E-state index in [2.05, 4.69) is 0 Å². The largest absolute Gasteiger partial charge is 0.496 e. The second-order valence-electron chi connectivity index (χ2n) is 4.11. The van der Waals surface area contributed by atoms with Gasteiger partial charge >= 0.3 is 0 Å². The van der Waals surface area contributed by atoms with Gasteiger partial charge in [0.25, 0.3) is 0 Å². The Morgan fingerprint density at radius 2 is 1.68 bits per heavy atom. The Morgan fingerprint density at radius 3 is 2.00 bits per heavy atom.